The second kappa shape index (κ2) is 7.83. The summed E-state index contributed by atoms with van der Waals surface area (Å²) >= 11 is 11.7. The van der Waals surface area contributed by atoms with Gasteiger partial charge >= 0.3 is 5.97 Å². The molecule has 0 saturated heterocycles. The maximum atomic E-state index is 12.1. The van der Waals surface area contributed by atoms with Crippen LogP contribution in [-0.4, -0.2) is 31.9 Å². The third-order valence-electron chi connectivity index (χ3n) is 2.52. The molecular formula is C12H15Cl2NO4S. The van der Waals surface area contributed by atoms with Crippen molar-refractivity contribution in [2.45, 2.75) is 24.2 Å². The fourth-order valence-electron chi connectivity index (χ4n) is 1.58. The van der Waals surface area contributed by atoms with Crippen molar-refractivity contribution in [3.8, 4) is 0 Å². The molecule has 5 nitrogen and oxygen atoms in total. The Morgan fingerprint density at radius 3 is 2.35 bits per heavy atom. The van der Waals surface area contributed by atoms with E-state index in [2.05, 4.69) is 5.32 Å². The first-order chi connectivity index (χ1) is 9.34. The van der Waals surface area contributed by atoms with E-state index in [1.165, 1.54) is 12.1 Å². The number of rotatable bonds is 8. The Hall–Kier alpha value is -0.820. The normalized spacial score (nSPS) is 11.5. The maximum absolute atomic E-state index is 12.1. The van der Waals surface area contributed by atoms with Crippen molar-refractivity contribution >= 4 is 39.0 Å². The number of benzene rings is 1. The number of carbonyl (C=O) groups is 1. The van der Waals surface area contributed by atoms with Gasteiger partial charge in [-0.3, -0.25) is 4.79 Å². The van der Waals surface area contributed by atoms with Crippen molar-refractivity contribution in [2.24, 2.45) is 0 Å². The molecule has 0 fully saturated rings. The van der Waals surface area contributed by atoms with Crippen LogP contribution in [0, 0.1) is 0 Å². The van der Waals surface area contributed by atoms with Crippen LogP contribution >= 0.6 is 23.2 Å². The maximum Gasteiger partial charge on any atom is 0.303 e. The average molecular weight is 340 g/mol. The van der Waals surface area contributed by atoms with Crippen molar-refractivity contribution in [3.05, 3.63) is 28.2 Å². The van der Waals surface area contributed by atoms with Gasteiger partial charge in [0.1, 0.15) is 10.8 Å². The summed E-state index contributed by atoms with van der Waals surface area (Å²) in [7, 11) is -3.62. The van der Waals surface area contributed by atoms with Gasteiger partial charge in [0.25, 0.3) is 0 Å². The van der Waals surface area contributed by atoms with E-state index < -0.39 is 15.8 Å². The lowest BCUT2D eigenvalue weighted by atomic mass is 10.2. The number of nitrogens with one attached hydrogen (secondary N) is 1. The quantitative estimate of drug-likeness (QED) is 0.711. The van der Waals surface area contributed by atoms with Crippen LogP contribution in [0.5, 0.6) is 0 Å². The van der Waals surface area contributed by atoms with Crippen molar-refractivity contribution in [3.63, 3.8) is 0 Å². The summed E-state index contributed by atoms with van der Waals surface area (Å²) in [6.45, 7) is 0.411. The first-order valence-corrected chi connectivity index (χ1v) is 8.34. The smallest absolute Gasteiger partial charge is 0.303 e. The molecule has 8 heteroatoms. The number of carboxylic acid groups (broad SMARTS) is 1. The van der Waals surface area contributed by atoms with Gasteiger partial charge < -0.3 is 10.4 Å². The van der Waals surface area contributed by atoms with Crippen LogP contribution in [0.3, 0.4) is 0 Å². The van der Waals surface area contributed by atoms with E-state index in [4.69, 9.17) is 28.3 Å². The third kappa shape index (κ3) is 5.28. The van der Waals surface area contributed by atoms with Gasteiger partial charge in [-0.2, -0.15) is 0 Å². The first-order valence-electron chi connectivity index (χ1n) is 5.94. The van der Waals surface area contributed by atoms with Crippen LogP contribution in [0.1, 0.15) is 19.3 Å². The molecule has 0 aromatic heterocycles. The molecule has 0 bridgehead atoms. The van der Waals surface area contributed by atoms with E-state index in [-0.39, 0.29) is 27.2 Å². The Balaban J connectivity index is 2.52. The summed E-state index contributed by atoms with van der Waals surface area (Å²) < 4.78 is 24.2. The number of halogens is 2. The summed E-state index contributed by atoms with van der Waals surface area (Å²) in [5, 5.41) is 11.4. The van der Waals surface area contributed by atoms with Crippen molar-refractivity contribution < 1.29 is 18.3 Å². The van der Waals surface area contributed by atoms with Crippen molar-refractivity contribution in [2.75, 3.05) is 12.4 Å². The molecular weight excluding hydrogens is 325 g/mol. The lowest BCUT2D eigenvalue weighted by Gasteiger charge is -2.09. The Kier molecular flexibility index (Phi) is 6.75. The van der Waals surface area contributed by atoms with Gasteiger partial charge in [-0.1, -0.05) is 29.3 Å². The summed E-state index contributed by atoms with van der Waals surface area (Å²) in [4.78, 5) is 10.2. The Morgan fingerprint density at radius 1 is 1.20 bits per heavy atom. The van der Waals surface area contributed by atoms with Crippen LogP contribution in [0.25, 0.3) is 0 Å². The highest BCUT2D eigenvalue weighted by Crippen LogP contribution is 2.29. The van der Waals surface area contributed by atoms with E-state index >= 15 is 0 Å². The van der Waals surface area contributed by atoms with Gasteiger partial charge in [0.05, 0.1) is 10.0 Å². The predicted molar refractivity (Wildman–Crippen MR) is 78.0 cm³/mol. The minimum absolute atomic E-state index is 0.0742. The van der Waals surface area contributed by atoms with Gasteiger partial charge in [0.2, 0.25) is 0 Å². The minimum Gasteiger partial charge on any atom is -0.481 e. The molecule has 0 amide bonds. The molecule has 2 N–H and O–H groups in total. The number of unbranched alkanes of at least 4 members (excludes halogenated alkanes) is 1. The zero-order valence-corrected chi connectivity index (χ0v) is 12.9. The predicted octanol–water partition coefficient (Wildman–Crippen LogP) is 2.57. The standard InChI is InChI=1S/C12H15Cl2NO4S/c13-9-4-3-5-10(14)12(9)20(18,19)8-15-7-2-1-6-11(16)17/h3-5,15H,1-2,6-8H2,(H,16,17). The monoisotopic (exact) mass is 339 g/mol. The van der Waals surface area contributed by atoms with Crippen molar-refractivity contribution in [1.82, 2.24) is 5.32 Å². The zero-order chi connectivity index (χ0) is 15.2. The molecule has 0 aliphatic rings. The van der Waals surface area contributed by atoms with Crippen LogP contribution in [-0.2, 0) is 14.6 Å². The summed E-state index contributed by atoms with van der Waals surface area (Å²) in [6.07, 6.45) is 1.15. The highest BCUT2D eigenvalue weighted by Gasteiger charge is 2.20. The van der Waals surface area contributed by atoms with Gasteiger partial charge in [0.15, 0.2) is 9.84 Å². The van der Waals surface area contributed by atoms with Crippen LogP contribution in [0.4, 0.5) is 0 Å². The molecule has 1 aromatic rings. The van der Waals surface area contributed by atoms with Gasteiger partial charge in [0, 0.05) is 6.42 Å². The number of aliphatic carboxylic acids is 1. The molecule has 0 aliphatic heterocycles. The molecule has 0 saturated carbocycles. The molecule has 1 aromatic carbocycles. The Bertz CT molecular complexity index is 555. The molecule has 20 heavy (non-hydrogen) atoms. The summed E-state index contributed by atoms with van der Waals surface area (Å²) in [5.41, 5.74) is 0. The molecule has 0 radical (unpaired) electrons. The van der Waals surface area contributed by atoms with Gasteiger partial charge in [-0.15, -0.1) is 0 Å². The number of hydrogen-bond donors (Lipinski definition) is 2. The fraction of sp³-hybridized carbons (Fsp3) is 0.417. The fourth-order valence-corrected chi connectivity index (χ4v) is 3.98. The first kappa shape index (κ1) is 17.2. The van der Waals surface area contributed by atoms with E-state index in [0.717, 1.165) is 0 Å². The van der Waals surface area contributed by atoms with Gasteiger partial charge in [-0.05, 0) is 31.5 Å². The highest BCUT2D eigenvalue weighted by atomic mass is 35.5. The minimum atomic E-state index is -3.62. The van der Waals surface area contributed by atoms with Gasteiger partial charge in [-0.25, -0.2) is 8.42 Å². The number of sulfone groups is 1. The van der Waals surface area contributed by atoms with E-state index in [9.17, 15) is 13.2 Å². The van der Waals surface area contributed by atoms with E-state index in [0.29, 0.717) is 19.4 Å². The molecule has 0 atom stereocenters. The molecule has 1 rings (SSSR count). The summed E-state index contributed by atoms with van der Waals surface area (Å²) in [5.74, 6) is -1.15. The lowest BCUT2D eigenvalue weighted by molar-refractivity contribution is -0.137. The van der Waals surface area contributed by atoms with Crippen LogP contribution < -0.4 is 5.32 Å². The zero-order valence-electron chi connectivity index (χ0n) is 10.6. The SMILES string of the molecule is O=C(O)CCCCNCS(=O)(=O)c1c(Cl)cccc1Cl. The van der Waals surface area contributed by atoms with Crippen LogP contribution in [0.15, 0.2) is 23.1 Å². The Morgan fingerprint density at radius 2 is 1.80 bits per heavy atom. The molecule has 0 heterocycles. The topological polar surface area (TPSA) is 83.5 Å². The second-order valence-electron chi connectivity index (χ2n) is 4.16. The lowest BCUT2D eigenvalue weighted by Crippen LogP contribution is -2.24. The third-order valence-corrected chi connectivity index (χ3v) is 5.02. The molecule has 0 spiro atoms. The molecule has 112 valence electrons. The van der Waals surface area contributed by atoms with Crippen molar-refractivity contribution in [1.29, 1.82) is 0 Å². The number of hydrogen-bond acceptors (Lipinski definition) is 4. The Labute approximate surface area is 127 Å². The molecule has 0 unspecified atom stereocenters. The average Bonchev–Trinajstić information content (AvgIpc) is 2.32. The summed E-state index contributed by atoms with van der Waals surface area (Å²) in [6, 6.07) is 4.50. The number of carboxylic acids is 1. The van der Waals surface area contributed by atoms with E-state index in [1.54, 1.807) is 6.07 Å². The highest BCUT2D eigenvalue weighted by molar-refractivity contribution is 7.91. The second-order valence-corrected chi connectivity index (χ2v) is 6.90. The van der Waals surface area contributed by atoms with Crippen LogP contribution in [0.2, 0.25) is 10.0 Å². The largest absolute Gasteiger partial charge is 0.481 e. The van der Waals surface area contributed by atoms with E-state index in [1.807, 2.05) is 0 Å². The molecule has 0 aliphatic carbocycles.